The summed E-state index contributed by atoms with van der Waals surface area (Å²) >= 11 is 12.2. The first-order valence-electron chi connectivity index (χ1n) is 6.27. The van der Waals surface area contributed by atoms with Gasteiger partial charge in [0.25, 0.3) is 0 Å². The maximum absolute atomic E-state index is 11.6. The number of likely N-dealkylation sites (tertiary alicyclic amines) is 1. The molecule has 0 aromatic heterocycles. The molecule has 1 heterocycles. The zero-order chi connectivity index (χ0) is 13.8. The molecule has 0 spiro atoms. The van der Waals surface area contributed by atoms with Crippen LogP contribution < -0.4 is 11.3 Å². The molecule has 1 aromatic rings. The Morgan fingerprint density at radius 1 is 1.47 bits per heavy atom. The summed E-state index contributed by atoms with van der Waals surface area (Å²) < 4.78 is 0. The highest BCUT2D eigenvalue weighted by Crippen LogP contribution is 2.27. The molecule has 6 heteroatoms. The third-order valence-corrected chi connectivity index (χ3v) is 4.30. The fourth-order valence-electron chi connectivity index (χ4n) is 2.44. The van der Waals surface area contributed by atoms with Crippen LogP contribution in [0.25, 0.3) is 0 Å². The molecule has 0 radical (unpaired) electrons. The number of nitrogens with zero attached hydrogens (tertiary/aromatic N) is 1. The first-order chi connectivity index (χ1) is 9.11. The Kier molecular flexibility index (Phi) is 5.05. The van der Waals surface area contributed by atoms with Crippen molar-refractivity contribution in [2.75, 3.05) is 13.1 Å². The molecule has 19 heavy (non-hydrogen) atoms. The Labute approximate surface area is 122 Å². The summed E-state index contributed by atoms with van der Waals surface area (Å²) in [6, 6.07) is 5.62. The highest BCUT2D eigenvalue weighted by atomic mass is 35.5. The van der Waals surface area contributed by atoms with Gasteiger partial charge < -0.3 is 0 Å². The van der Waals surface area contributed by atoms with Crippen LogP contribution in [-0.2, 0) is 11.3 Å². The Bertz CT molecular complexity index is 467. The quantitative estimate of drug-likeness (QED) is 0.511. The van der Waals surface area contributed by atoms with E-state index in [2.05, 4.69) is 10.3 Å². The van der Waals surface area contributed by atoms with Gasteiger partial charge in [0.2, 0.25) is 5.91 Å². The number of hydrogen-bond acceptors (Lipinski definition) is 3. The molecule has 0 aliphatic carbocycles. The Balaban J connectivity index is 2.03. The van der Waals surface area contributed by atoms with E-state index in [1.165, 1.54) is 0 Å². The number of amides is 1. The van der Waals surface area contributed by atoms with Crippen LogP contribution in [0.5, 0.6) is 0 Å². The molecule has 0 saturated carbocycles. The Morgan fingerprint density at radius 3 is 3.00 bits per heavy atom. The average Bonchev–Trinajstić information content (AvgIpc) is 2.43. The van der Waals surface area contributed by atoms with Gasteiger partial charge >= 0.3 is 0 Å². The highest BCUT2D eigenvalue weighted by molar-refractivity contribution is 6.42. The van der Waals surface area contributed by atoms with Gasteiger partial charge in [-0.15, -0.1) is 0 Å². The van der Waals surface area contributed by atoms with Crippen LogP contribution in [0, 0.1) is 5.92 Å². The van der Waals surface area contributed by atoms with Crippen LogP contribution in [0.15, 0.2) is 18.2 Å². The second-order valence-electron chi connectivity index (χ2n) is 4.80. The topological polar surface area (TPSA) is 58.4 Å². The molecule has 1 atom stereocenters. The lowest BCUT2D eigenvalue weighted by Crippen LogP contribution is -2.44. The van der Waals surface area contributed by atoms with Crippen molar-refractivity contribution in [2.45, 2.75) is 19.4 Å². The standard InChI is InChI=1S/C13H17Cl2N3O/c14-11-5-1-3-9(12(11)15)7-18-6-2-4-10(8-18)13(19)17-16/h1,3,5,10H,2,4,6-8,16H2,(H,17,19). The number of halogens is 2. The molecule has 104 valence electrons. The van der Waals surface area contributed by atoms with Gasteiger partial charge in [-0.05, 0) is 31.0 Å². The lowest BCUT2D eigenvalue weighted by atomic mass is 9.97. The predicted molar refractivity (Wildman–Crippen MR) is 76.8 cm³/mol. The van der Waals surface area contributed by atoms with E-state index in [-0.39, 0.29) is 11.8 Å². The van der Waals surface area contributed by atoms with E-state index in [9.17, 15) is 4.79 Å². The van der Waals surface area contributed by atoms with Crippen LogP contribution in [0.3, 0.4) is 0 Å². The number of nitrogens with one attached hydrogen (secondary N) is 1. The first-order valence-corrected chi connectivity index (χ1v) is 7.03. The van der Waals surface area contributed by atoms with Crippen LogP contribution >= 0.6 is 23.2 Å². The maximum atomic E-state index is 11.6. The van der Waals surface area contributed by atoms with Crippen molar-refractivity contribution >= 4 is 29.1 Å². The van der Waals surface area contributed by atoms with Gasteiger partial charge in [0, 0.05) is 13.1 Å². The van der Waals surface area contributed by atoms with Crippen LogP contribution in [-0.4, -0.2) is 23.9 Å². The van der Waals surface area contributed by atoms with Gasteiger partial charge in [-0.3, -0.25) is 15.1 Å². The fourth-order valence-corrected chi connectivity index (χ4v) is 2.82. The molecule has 1 saturated heterocycles. The summed E-state index contributed by atoms with van der Waals surface area (Å²) in [7, 11) is 0. The van der Waals surface area contributed by atoms with Crippen LogP contribution in [0.4, 0.5) is 0 Å². The Hall–Kier alpha value is -0.810. The normalized spacial score (nSPS) is 20.3. The Morgan fingerprint density at radius 2 is 2.26 bits per heavy atom. The van der Waals surface area contributed by atoms with Crippen molar-refractivity contribution in [3.63, 3.8) is 0 Å². The summed E-state index contributed by atoms with van der Waals surface area (Å²) in [5.41, 5.74) is 3.22. The van der Waals surface area contributed by atoms with Crippen molar-refractivity contribution in [1.29, 1.82) is 0 Å². The molecule has 1 aromatic carbocycles. The zero-order valence-corrected chi connectivity index (χ0v) is 12.0. The molecule has 3 N–H and O–H groups in total. The highest BCUT2D eigenvalue weighted by Gasteiger charge is 2.25. The minimum atomic E-state index is -0.0955. The molecule has 2 rings (SSSR count). The first kappa shape index (κ1) is 14.6. The number of rotatable bonds is 3. The van der Waals surface area contributed by atoms with Crippen molar-refractivity contribution in [3.8, 4) is 0 Å². The molecule has 1 aliphatic heterocycles. The molecule has 1 unspecified atom stereocenters. The lowest BCUT2D eigenvalue weighted by molar-refractivity contribution is -0.126. The fraction of sp³-hybridized carbons (Fsp3) is 0.462. The predicted octanol–water partition coefficient (Wildman–Crippen LogP) is 2.20. The van der Waals surface area contributed by atoms with Crippen LogP contribution in [0.2, 0.25) is 10.0 Å². The van der Waals surface area contributed by atoms with Gasteiger partial charge in [0.1, 0.15) is 0 Å². The van der Waals surface area contributed by atoms with E-state index in [1.807, 2.05) is 12.1 Å². The summed E-state index contributed by atoms with van der Waals surface area (Å²) in [5, 5.41) is 1.15. The number of hydrogen-bond donors (Lipinski definition) is 2. The van der Waals surface area contributed by atoms with Crippen molar-refractivity contribution < 1.29 is 4.79 Å². The zero-order valence-electron chi connectivity index (χ0n) is 10.5. The van der Waals surface area contributed by atoms with Crippen molar-refractivity contribution in [3.05, 3.63) is 33.8 Å². The number of carbonyl (C=O) groups is 1. The third kappa shape index (κ3) is 3.60. The number of hydrazine groups is 1. The minimum absolute atomic E-state index is 0.0447. The summed E-state index contributed by atoms with van der Waals surface area (Å²) in [6.07, 6.45) is 1.86. The largest absolute Gasteiger partial charge is 0.298 e. The molecule has 1 fully saturated rings. The van der Waals surface area contributed by atoms with Crippen molar-refractivity contribution in [2.24, 2.45) is 11.8 Å². The van der Waals surface area contributed by atoms with E-state index in [0.29, 0.717) is 23.1 Å². The second-order valence-corrected chi connectivity index (χ2v) is 5.58. The molecule has 1 aliphatic rings. The average molecular weight is 302 g/mol. The molecular weight excluding hydrogens is 285 g/mol. The number of piperidine rings is 1. The molecular formula is C13H17Cl2N3O. The third-order valence-electron chi connectivity index (χ3n) is 3.44. The van der Waals surface area contributed by atoms with Gasteiger partial charge in [-0.1, -0.05) is 35.3 Å². The molecule has 0 bridgehead atoms. The van der Waals surface area contributed by atoms with E-state index >= 15 is 0 Å². The van der Waals surface area contributed by atoms with Crippen LogP contribution in [0.1, 0.15) is 18.4 Å². The summed E-state index contributed by atoms with van der Waals surface area (Å²) in [4.78, 5) is 13.8. The number of benzene rings is 1. The summed E-state index contributed by atoms with van der Waals surface area (Å²) in [6.45, 7) is 2.36. The van der Waals surface area contributed by atoms with E-state index in [4.69, 9.17) is 29.0 Å². The number of nitrogens with two attached hydrogens (primary N) is 1. The SMILES string of the molecule is NNC(=O)C1CCCN(Cc2cccc(Cl)c2Cl)C1. The molecule has 4 nitrogen and oxygen atoms in total. The van der Waals surface area contributed by atoms with E-state index < -0.39 is 0 Å². The summed E-state index contributed by atoms with van der Waals surface area (Å²) in [5.74, 6) is 5.05. The lowest BCUT2D eigenvalue weighted by Gasteiger charge is -2.31. The second kappa shape index (κ2) is 6.57. The van der Waals surface area contributed by atoms with E-state index in [0.717, 1.165) is 24.9 Å². The van der Waals surface area contributed by atoms with Gasteiger partial charge in [0.15, 0.2) is 0 Å². The van der Waals surface area contributed by atoms with Gasteiger partial charge in [-0.2, -0.15) is 0 Å². The maximum Gasteiger partial charge on any atom is 0.238 e. The van der Waals surface area contributed by atoms with Crippen molar-refractivity contribution in [1.82, 2.24) is 10.3 Å². The van der Waals surface area contributed by atoms with Gasteiger partial charge in [-0.25, -0.2) is 5.84 Å². The monoisotopic (exact) mass is 301 g/mol. The number of carbonyl (C=O) groups excluding carboxylic acids is 1. The van der Waals surface area contributed by atoms with Gasteiger partial charge in [0.05, 0.1) is 16.0 Å². The minimum Gasteiger partial charge on any atom is -0.298 e. The van der Waals surface area contributed by atoms with E-state index in [1.54, 1.807) is 6.07 Å². The molecule has 1 amide bonds. The smallest absolute Gasteiger partial charge is 0.238 e.